The summed E-state index contributed by atoms with van der Waals surface area (Å²) in [5.74, 6) is 0.0512. The van der Waals surface area contributed by atoms with Gasteiger partial charge < -0.3 is 4.74 Å². The van der Waals surface area contributed by atoms with Gasteiger partial charge in [0.15, 0.2) is 0 Å². The lowest BCUT2D eigenvalue weighted by Crippen LogP contribution is -2.30. The molecule has 1 saturated heterocycles. The molecule has 0 aliphatic carbocycles. The van der Waals surface area contributed by atoms with Gasteiger partial charge in [0, 0.05) is 50.5 Å². The average molecular weight is 371 g/mol. The van der Waals surface area contributed by atoms with Gasteiger partial charge in [-0.1, -0.05) is 6.92 Å². The van der Waals surface area contributed by atoms with E-state index in [1.807, 2.05) is 12.3 Å². The van der Waals surface area contributed by atoms with Crippen LogP contribution in [0.15, 0.2) is 28.9 Å². The molecule has 132 valence electrons. The van der Waals surface area contributed by atoms with Crippen LogP contribution in [0.2, 0.25) is 0 Å². The topological polar surface area (TPSA) is 77.3 Å². The summed E-state index contributed by atoms with van der Waals surface area (Å²) in [6, 6.07) is 0.210. The third kappa shape index (κ3) is 3.69. The molecule has 1 aliphatic rings. The first kappa shape index (κ1) is 17.5. The highest BCUT2D eigenvalue weighted by atomic mass is 32.2. The number of hydrogen-bond donors (Lipinski definition) is 0. The largest absolute Gasteiger partial charge is 0.381 e. The quantitative estimate of drug-likeness (QED) is 0.778. The van der Waals surface area contributed by atoms with E-state index in [2.05, 4.69) is 10.1 Å². The molecule has 2 aromatic heterocycles. The molecule has 3 rings (SSSR count). The second-order valence-electron chi connectivity index (χ2n) is 6.06. The Morgan fingerprint density at radius 1 is 1.46 bits per heavy atom. The van der Waals surface area contributed by atoms with Crippen molar-refractivity contribution in [3.63, 3.8) is 0 Å². The van der Waals surface area contributed by atoms with E-state index in [1.165, 1.54) is 10.5 Å². The van der Waals surface area contributed by atoms with Crippen molar-refractivity contribution >= 4 is 21.4 Å². The summed E-state index contributed by atoms with van der Waals surface area (Å²) < 4.78 is 34.0. The predicted octanol–water partition coefficient (Wildman–Crippen LogP) is 2.12. The van der Waals surface area contributed by atoms with E-state index in [0.717, 1.165) is 17.8 Å². The van der Waals surface area contributed by atoms with E-state index in [9.17, 15) is 8.42 Å². The van der Waals surface area contributed by atoms with Gasteiger partial charge in [-0.3, -0.25) is 4.68 Å². The minimum atomic E-state index is -3.55. The number of nitrogens with zero attached hydrogens (tertiary/aromatic N) is 4. The summed E-state index contributed by atoms with van der Waals surface area (Å²) in [6.07, 6.45) is 6.53. The van der Waals surface area contributed by atoms with Crippen molar-refractivity contribution in [1.29, 1.82) is 0 Å². The van der Waals surface area contributed by atoms with Gasteiger partial charge in [0.1, 0.15) is 4.90 Å². The van der Waals surface area contributed by atoms with Gasteiger partial charge in [-0.15, -0.1) is 11.3 Å². The maximum atomic E-state index is 12.8. The third-order valence-corrected chi connectivity index (χ3v) is 7.04. The van der Waals surface area contributed by atoms with Crippen molar-refractivity contribution in [2.75, 3.05) is 26.8 Å². The fourth-order valence-electron chi connectivity index (χ4n) is 2.82. The Kier molecular flexibility index (Phi) is 5.33. The summed E-state index contributed by atoms with van der Waals surface area (Å²) in [7, 11) is -1.94. The number of aromatic nitrogens is 3. The highest BCUT2D eigenvalue weighted by Gasteiger charge is 2.26. The summed E-state index contributed by atoms with van der Waals surface area (Å²) >= 11 is 1.54. The number of sulfonamides is 1. The molecule has 0 amide bonds. The maximum Gasteiger partial charge on any atom is 0.245 e. The number of thiazole rings is 1. The standard InChI is InChI=1S/C15H22N4O3S2/c1-12(15-16-5-8-23-15)10-18(2)24(20,21)14-9-17-19(11-14)13-3-6-22-7-4-13/h5,8-9,11-13H,3-4,6-7,10H2,1-2H3. The van der Waals surface area contributed by atoms with Gasteiger partial charge >= 0.3 is 0 Å². The van der Waals surface area contributed by atoms with E-state index in [-0.39, 0.29) is 16.9 Å². The van der Waals surface area contributed by atoms with Crippen LogP contribution in [-0.2, 0) is 14.8 Å². The Labute approximate surface area is 146 Å². The minimum Gasteiger partial charge on any atom is -0.381 e. The summed E-state index contributed by atoms with van der Waals surface area (Å²) in [4.78, 5) is 4.50. The molecule has 0 saturated carbocycles. The van der Waals surface area contributed by atoms with E-state index in [1.54, 1.807) is 35.5 Å². The lowest BCUT2D eigenvalue weighted by atomic mass is 10.1. The normalized spacial score (nSPS) is 18.1. The van der Waals surface area contributed by atoms with Crippen LogP contribution >= 0.6 is 11.3 Å². The van der Waals surface area contributed by atoms with Crippen molar-refractivity contribution in [1.82, 2.24) is 19.1 Å². The van der Waals surface area contributed by atoms with Crippen molar-refractivity contribution in [2.45, 2.75) is 36.6 Å². The smallest absolute Gasteiger partial charge is 0.245 e. The maximum absolute atomic E-state index is 12.8. The highest BCUT2D eigenvalue weighted by molar-refractivity contribution is 7.89. The third-order valence-electron chi connectivity index (χ3n) is 4.25. The highest BCUT2D eigenvalue weighted by Crippen LogP contribution is 2.24. The fraction of sp³-hybridized carbons (Fsp3) is 0.600. The molecule has 2 aromatic rings. The fourth-order valence-corrected chi connectivity index (χ4v) is 4.71. The molecular weight excluding hydrogens is 348 g/mol. The van der Waals surface area contributed by atoms with E-state index >= 15 is 0 Å². The molecule has 0 bridgehead atoms. The van der Waals surface area contributed by atoms with Crippen LogP contribution in [0.4, 0.5) is 0 Å². The minimum absolute atomic E-state index is 0.0512. The zero-order valence-corrected chi connectivity index (χ0v) is 15.5. The molecule has 1 aliphatic heterocycles. The monoisotopic (exact) mass is 370 g/mol. The molecule has 0 N–H and O–H groups in total. The Morgan fingerprint density at radius 2 is 2.21 bits per heavy atom. The molecule has 7 nitrogen and oxygen atoms in total. The first-order valence-corrected chi connectivity index (χ1v) is 10.3. The summed E-state index contributed by atoms with van der Waals surface area (Å²) in [5.41, 5.74) is 0. The predicted molar refractivity (Wildman–Crippen MR) is 91.7 cm³/mol. The van der Waals surface area contributed by atoms with Gasteiger partial charge in [-0.2, -0.15) is 5.10 Å². The van der Waals surface area contributed by atoms with Crippen molar-refractivity contribution in [2.24, 2.45) is 0 Å². The first-order chi connectivity index (χ1) is 11.5. The molecule has 0 aromatic carbocycles. The zero-order chi connectivity index (χ0) is 17.2. The first-order valence-electron chi connectivity index (χ1n) is 7.96. The van der Waals surface area contributed by atoms with Gasteiger partial charge in [0.25, 0.3) is 0 Å². The van der Waals surface area contributed by atoms with Crippen LogP contribution in [0.1, 0.15) is 36.7 Å². The second kappa shape index (κ2) is 7.30. The van der Waals surface area contributed by atoms with Gasteiger partial charge in [-0.05, 0) is 12.8 Å². The SMILES string of the molecule is CC(CN(C)S(=O)(=O)c1cnn(C2CCOCC2)c1)c1nccs1. The van der Waals surface area contributed by atoms with E-state index in [0.29, 0.717) is 19.8 Å². The molecule has 3 heterocycles. The van der Waals surface area contributed by atoms with Crippen LogP contribution in [0.25, 0.3) is 0 Å². The Morgan fingerprint density at radius 3 is 2.88 bits per heavy atom. The molecule has 1 atom stereocenters. The zero-order valence-electron chi connectivity index (χ0n) is 13.8. The van der Waals surface area contributed by atoms with Gasteiger partial charge in [-0.25, -0.2) is 17.7 Å². The number of ether oxygens (including phenoxy) is 1. The van der Waals surface area contributed by atoms with Crippen LogP contribution in [0.3, 0.4) is 0 Å². The van der Waals surface area contributed by atoms with Crippen LogP contribution < -0.4 is 0 Å². The van der Waals surface area contributed by atoms with Crippen LogP contribution in [-0.4, -0.2) is 54.3 Å². The lowest BCUT2D eigenvalue weighted by Gasteiger charge is -2.22. The molecule has 0 spiro atoms. The molecule has 9 heteroatoms. The summed E-state index contributed by atoms with van der Waals surface area (Å²) in [6.45, 7) is 3.75. The average Bonchev–Trinajstić information content (AvgIpc) is 3.27. The van der Waals surface area contributed by atoms with Crippen molar-refractivity contribution < 1.29 is 13.2 Å². The van der Waals surface area contributed by atoms with E-state index in [4.69, 9.17) is 4.74 Å². The second-order valence-corrected chi connectivity index (χ2v) is 9.03. The molecule has 0 radical (unpaired) electrons. The Bertz CT molecular complexity index is 752. The van der Waals surface area contributed by atoms with Gasteiger partial charge in [0.2, 0.25) is 10.0 Å². The number of rotatable bonds is 6. The number of likely N-dealkylation sites (N-methyl/N-ethyl adjacent to an activating group) is 1. The molecule has 1 unspecified atom stereocenters. The van der Waals surface area contributed by atoms with Gasteiger partial charge in [0.05, 0.1) is 17.2 Å². The van der Waals surface area contributed by atoms with Crippen molar-refractivity contribution in [3.8, 4) is 0 Å². The Balaban J connectivity index is 1.71. The van der Waals surface area contributed by atoms with Crippen LogP contribution in [0.5, 0.6) is 0 Å². The van der Waals surface area contributed by atoms with E-state index < -0.39 is 10.0 Å². The molecule has 1 fully saturated rings. The lowest BCUT2D eigenvalue weighted by molar-refractivity contribution is 0.0662. The van der Waals surface area contributed by atoms with Crippen LogP contribution in [0, 0.1) is 0 Å². The van der Waals surface area contributed by atoms with Crippen molar-refractivity contribution in [3.05, 3.63) is 29.0 Å². The summed E-state index contributed by atoms with van der Waals surface area (Å²) in [5, 5.41) is 7.10. The Hall–Kier alpha value is -1.29. The molecular formula is C15H22N4O3S2. The number of hydrogen-bond acceptors (Lipinski definition) is 6. The molecule has 24 heavy (non-hydrogen) atoms.